The third-order valence-corrected chi connectivity index (χ3v) is 6.37. The molecule has 0 saturated carbocycles. The van der Waals surface area contributed by atoms with Crippen molar-refractivity contribution < 1.29 is 13.5 Å². The van der Waals surface area contributed by atoms with Crippen molar-refractivity contribution in [3.63, 3.8) is 0 Å². The van der Waals surface area contributed by atoms with Gasteiger partial charge in [0.2, 0.25) is 11.8 Å². The van der Waals surface area contributed by atoms with Crippen molar-refractivity contribution >= 4 is 5.95 Å². The summed E-state index contributed by atoms with van der Waals surface area (Å²) in [6, 6.07) is 9.18. The molecule has 2 aromatic heterocycles. The summed E-state index contributed by atoms with van der Waals surface area (Å²) in [5.41, 5.74) is 2.75. The average molecular weight is 452 g/mol. The molecule has 1 fully saturated rings. The summed E-state index contributed by atoms with van der Waals surface area (Å²) < 4.78 is 33.8. The van der Waals surface area contributed by atoms with E-state index in [9.17, 15) is 8.78 Å². The molecule has 0 atom stereocenters. The second-order valence-electron chi connectivity index (χ2n) is 8.88. The van der Waals surface area contributed by atoms with Gasteiger partial charge in [-0.3, -0.25) is 9.88 Å². The lowest BCUT2D eigenvalue weighted by molar-refractivity contribution is 0.235. The number of halogens is 2. The van der Waals surface area contributed by atoms with Gasteiger partial charge in [-0.25, -0.2) is 13.8 Å². The zero-order valence-electron chi connectivity index (χ0n) is 18.7. The molecule has 0 spiro atoms. The second kappa shape index (κ2) is 9.39. The van der Waals surface area contributed by atoms with Gasteiger partial charge >= 0.3 is 0 Å². The molecule has 4 heterocycles. The molecule has 3 aromatic rings. The van der Waals surface area contributed by atoms with E-state index < -0.39 is 11.6 Å². The van der Waals surface area contributed by atoms with Crippen LogP contribution in [0, 0.1) is 17.6 Å². The van der Waals surface area contributed by atoms with Crippen LogP contribution in [-0.2, 0) is 19.5 Å². The number of nitrogens with zero attached hydrogens (tertiary/aromatic N) is 5. The molecule has 0 amide bonds. The minimum Gasteiger partial charge on any atom is -0.435 e. The van der Waals surface area contributed by atoms with Crippen molar-refractivity contribution in [3.05, 3.63) is 71.2 Å². The number of piperidine rings is 1. The summed E-state index contributed by atoms with van der Waals surface area (Å²) >= 11 is 0. The Morgan fingerprint density at radius 2 is 1.91 bits per heavy atom. The van der Waals surface area contributed by atoms with E-state index in [1.807, 2.05) is 18.2 Å². The van der Waals surface area contributed by atoms with Crippen LogP contribution in [0.2, 0.25) is 0 Å². The molecule has 2 aliphatic rings. The van der Waals surface area contributed by atoms with Crippen molar-refractivity contribution in [2.45, 2.75) is 39.3 Å². The van der Waals surface area contributed by atoms with Crippen LogP contribution < -0.4 is 9.64 Å². The van der Waals surface area contributed by atoms with E-state index in [4.69, 9.17) is 14.7 Å². The van der Waals surface area contributed by atoms with E-state index in [-0.39, 0.29) is 5.75 Å². The summed E-state index contributed by atoms with van der Waals surface area (Å²) in [6.45, 7) is 6.12. The molecular formula is C25H27F2N5O. The highest BCUT2D eigenvalue weighted by Crippen LogP contribution is 2.33. The van der Waals surface area contributed by atoms with Gasteiger partial charge < -0.3 is 9.64 Å². The number of pyridine rings is 1. The molecule has 1 aromatic carbocycles. The van der Waals surface area contributed by atoms with Gasteiger partial charge in [-0.1, -0.05) is 13.0 Å². The molecule has 0 aliphatic carbocycles. The van der Waals surface area contributed by atoms with Crippen LogP contribution in [-0.4, -0.2) is 39.5 Å². The van der Waals surface area contributed by atoms with Crippen LogP contribution in [0.3, 0.4) is 0 Å². The first-order valence-corrected chi connectivity index (χ1v) is 11.4. The Hall–Kier alpha value is -3.13. The Labute approximate surface area is 192 Å². The molecule has 1 saturated heterocycles. The summed E-state index contributed by atoms with van der Waals surface area (Å²) in [5.74, 6) is 0.202. The zero-order chi connectivity index (χ0) is 22.8. The molecule has 2 aliphatic heterocycles. The van der Waals surface area contributed by atoms with Gasteiger partial charge in [0.15, 0.2) is 11.6 Å². The lowest BCUT2D eigenvalue weighted by Gasteiger charge is -2.33. The van der Waals surface area contributed by atoms with Gasteiger partial charge in [-0.15, -0.1) is 0 Å². The quantitative estimate of drug-likeness (QED) is 0.559. The smallest absolute Gasteiger partial charge is 0.229 e. The fourth-order valence-corrected chi connectivity index (χ4v) is 4.38. The molecular weight excluding hydrogens is 424 g/mol. The number of anilines is 1. The fourth-order valence-electron chi connectivity index (χ4n) is 4.38. The maximum absolute atomic E-state index is 14.4. The van der Waals surface area contributed by atoms with Gasteiger partial charge in [0.1, 0.15) is 5.82 Å². The lowest BCUT2D eigenvalue weighted by Crippen LogP contribution is -2.36. The van der Waals surface area contributed by atoms with E-state index >= 15 is 0 Å². The minimum atomic E-state index is -0.753. The normalized spacial score (nSPS) is 17.1. The Morgan fingerprint density at radius 3 is 2.67 bits per heavy atom. The van der Waals surface area contributed by atoms with Crippen molar-refractivity contribution in [2.24, 2.45) is 5.92 Å². The van der Waals surface area contributed by atoms with Gasteiger partial charge in [-0.2, -0.15) is 4.98 Å². The summed E-state index contributed by atoms with van der Waals surface area (Å²) in [6.07, 6.45) is 4.69. The monoisotopic (exact) mass is 451 g/mol. The summed E-state index contributed by atoms with van der Waals surface area (Å²) in [5, 5.41) is 0. The number of hydrogen-bond acceptors (Lipinski definition) is 6. The molecule has 0 N–H and O–H groups in total. The third-order valence-electron chi connectivity index (χ3n) is 6.37. The first-order chi connectivity index (χ1) is 16.0. The van der Waals surface area contributed by atoms with E-state index in [2.05, 4.69) is 21.7 Å². The highest BCUT2D eigenvalue weighted by molar-refractivity contribution is 5.44. The maximum atomic E-state index is 14.4. The molecule has 172 valence electrons. The van der Waals surface area contributed by atoms with Crippen molar-refractivity contribution in [1.29, 1.82) is 0 Å². The predicted octanol–water partition coefficient (Wildman–Crippen LogP) is 4.74. The van der Waals surface area contributed by atoms with E-state index in [1.165, 1.54) is 12.1 Å². The van der Waals surface area contributed by atoms with Crippen LogP contribution in [0.5, 0.6) is 11.6 Å². The third kappa shape index (κ3) is 4.95. The number of ether oxygens (including phenoxy) is 1. The number of hydrogen-bond donors (Lipinski definition) is 0. The van der Waals surface area contributed by atoms with Gasteiger partial charge in [0, 0.05) is 51.4 Å². The lowest BCUT2D eigenvalue weighted by atomic mass is 9.99. The number of aromatic nitrogens is 3. The SMILES string of the molecule is CC1CCN(c2nc3c(c(Oc4ccc(F)cc4F)n2)CN(Cc2ccccn2)CC3)CC1. The number of fused-ring (bicyclic) bond motifs is 1. The van der Waals surface area contributed by atoms with Crippen molar-refractivity contribution in [3.8, 4) is 11.6 Å². The number of rotatable bonds is 5. The van der Waals surface area contributed by atoms with Crippen molar-refractivity contribution in [1.82, 2.24) is 19.9 Å². The molecule has 6 nitrogen and oxygen atoms in total. The van der Waals surface area contributed by atoms with Crippen LogP contribution in [0.1, 0.15) is 36.7 Å². The maximum Gasteiger partial charge on any atom is 0.229 e. The van der Waals surface area contributed by atoms with E-state index in [1.54, 1.807) is 6.20 Å². The Balaban J connectivity index is 1.46. The van der Waals surface area contributed by atoms with Crippen LogP contribution >= 0.6 is 0 Å². The molecule has 8 heteroatoms. The van der Waals surface area contributed by atoms with E-state index in [0.29, 0.717) is 30.8 Å². The van der Waals surface area contributed by atoms with Gasteiger partial charge in [-0.05, 0) is 43.0 Å². The van der Waals surface area contributed by atoms with Crippen LogP contribution in [0.25, 0.3) is 0 Å². The van der Waals surface area contributed by atoms with Crippen LogP contribution in [0.15, 0.2) is 42.6 Å². The average Bonchev–Trinajstić information content (AvgIpc) is 2.82. The topological polar surface area (TPSA) is 54.4 Å². The second-order valence-corrected chi connectivity index (χ2v) is 8.88. The highest BCUT2D eigenvalue weighted by Gasteiger charge is 2.27. The van der Waals surface area contributed by atoms with Crippen molar-refractivity contribution in [2.75, 3.05) is 24.5 Å². The molecule has 33 heavy (non-hydrogen) atoms. The Kier molecular flexibility index (Phi) is 6.17. The summed E-state index contributed by atoms with van der Waals surface area (Å²) in [4.78, 5) is 18.5. The molecule has 5 rings (SSSR count). The molecule has 0 unspecified atom stereocenters. The molecule has 0 radical (unpaired) electrons. The fraction of sp³-hybridized carbons (Fsp3) is 0.400. The first kappa shape index (κ1) is 21.7. The van der Waals surface area contributed by atoms with Gasteiger partial charge in [0.25, 0.3) is 0 Å². The Morgan fingerprint density at radius 1 is 1.06 bits per heavy atom. The molecule has 0 bridgehead atoms. The number of benzene rings is 1. The first-order valence-electron chi connectivity index (χ1n) is 11.4. The Bertz CT molecular complexity index is 1120. The van der Waals surface area contributed by atoms with Crippen LogP contribution in [0.4, 0.5) is 14.7 Å². The predicted molar refractivity (Wildman–Crippen MR) is 121 cm³/mol. The standard InChI is InChI=1S/C25H27F2N5O/c1-17-7-12-32(13-8-17)25-29-22-9-11-31(15-19-4-2-3-10-28-19)16-20(22)24(30-25)33-23-6-5-18(26)14-21(23)27/h2-6,10,14,17H,7-9,11-13,15-16H2,1H3. The largest absolute Gasteiger partial charge is 0.435 e. The van der Waals surface area contributed by atoms with E-state index in [0.717, 1.165) is 61.9 Å². The van der Waals surface area contributed by atoms with Gasteiger partial charge in [0.05, 0.1) is 17.0 Å². The minimum absolute atomic E-state index is 0.0441. The summed E-state index contributed by atoms with van der Waals surface area (Å²) in [7, 11) is 0. The zero-order valence-corrected chi connectivity index (χ0v) is 18.7. The highest BCUT2D eigenvalue weighted by atomic mass is 19.1.